The molecular formula is C96H104O10. The Morgan fingerprint density at radius 3 is 0.679 bits per heavy atom. The highest BCUT2D eigenvalue weighted by Gasteiger charge is 2.30. The van der Waals surface area contributed by atoms with Gasteiger partial charge in [-0.05, 0) is 307 Å². The molecule has 0 bridgehead atoms. The molecule has 10 heteroatoms. The molecule has 0 fully saturated rings. The molecule has 0 unspecified atom stereocenters. The fourth-order valence-corrected chi connectivity index (χ4v) is 13.5. The largest absolute Gasteiger partial charge is 0.488 e. The number of ether oxygens (including phenoxy) is 8. The Hall–Kier alpha value is -11.1. The van der Waals surface area contributed by atoms with E-state index in [2.05, 4.69) is 258 Å². The summed E-state index contributed by atoms with van der Waals surface area (Å²) in [5.41, 5.74) is 25.2. The maximum Gasteiger partial charge on any atom is 0.338 e. The average molecular weight is 1420 g/mol. The van der Waals surface area contributed by atoms with E-state index >= 15 is 0 Å². The van der Waals surface area contributed by atoms with Crippen molar-refractivity contribution in [3.63, 3.8) is 0 Å². The minimum atomic E-state index is -0.447. The first-order valence-corrected chi connectivity index (χ1v) is 36.0. The van der Waals surface area contributed by atoms with Crippen LogP contribution >= 0.6 is 0 Å². The van der Waals surface area contributed by atoms with Crippen LogP contribution in [-0.4, -0.2) is 11.9 Å². The summed E-state index contributed by atoms with van der Waals surface area (Å²) in [5.74, 6) is 8.25. The number of aryl methyl sites for hydroxylation is 16. The molecule has 10 aromatic carbocycles. The highest BCUT2D eigenvalue weighted by Crippen LogP contribution is 2.45. The molecular weight excluding hydrogens is 1310 g/mol. The number of benzene rings is 10. The molecule has 0 atom stereocenters. The first-order chi connectivity index (χ1) is 49.9. The molecule has 0 aliphatic carbocycles. The monoisotopic (exact) mass is 1420 g/mol. The molecule has 0 aliphatic rings. The summed E-state index contributed by atoms with van der Waals surface area (Å²) < 4.78 is 49.7. The molecule has 106 heavy (non-hydrogen) atoms. The standard InChI is InChI=1S/C53H56O4.C43H48O6/c1-13-41-15-19-43(20-16-41)31-54-49-37(7)27-47(28-38(49)8)56-51-33(3)23-45(24-34(51)4)53(11,12)46-25-35(5)52(36(6)26-46)57-48-29-39(9)50(40(10)30-48)55-32-44-21-17-42(14-2)18-22-44;1-23(2)41(44)48-39-29(9)19-35(20-30(39)10)46-37-25(5)15-33(16-26(37)6)43(13,14)34-17-27(7)38(28(8)18-34)47-36-21-31(11)40(32(12)22-36)49-42(45)24(3)4/h13-30H,1-2,31-32H2,3-12H3;15-22H,1,3H2,2,4-14H3. The number of hydrogen-bond donors (Lipinski definition) is 0. The fourth-order valence-electron chi connectivity index (χ4n) is 13.5. The zero-order valence-corrected chi connectivity index (χ0v) is 66.3. The number of carbonyl (C=O) groups excluding carboxylic acids is 2. The van der Waals surface area contributed by atoms with Gasteiger partial charge in [0.15, 0.2) is 0 Å². The van der Waals surface area contributed by atoms with Crippen molar-refractivity contribution in [3.05, 3.63) is 317 Å². The maximum atomic E-state index is 12.1. The zero-order chi connectivity index (χ0) is 77.5. The van der Waals surface area contributed by atoms with Crippen molar-refractivity contribution >= 4 is 24.1 Å². The lowest BCUT2D eigenvalue weighted by atomic mass is 9.76. The Kier molecular flexibility index (Phi) is 24.5. The van der Waals surface area contributed by atoms with Gasteiger partial charge in [-0.1, -0.05) is 163 Å². The van der Waals surface area contributed by atoms with Crippen LogP contribution in [0.1, 0.15) is 175 Å². The van der Waals surface area contributed by atoms with E-state index in [1.807, 2.05) is 64.1 Å². The third-order valence-corrected chi connectivity index (χ3v) is 19.6. The molecule has 0 radical (unpaired) electrons. The Bertz CT molecular complexity index is 4570. The molecule has 0 amide bonds. The predicted molar refractivity (Wildman–Crippen MR) is 435 cm³/mol. The van der Waals surface area contributed by atoms with Crippen molar-refractivity contribution in [1.82, 2.24) is 0 Å². The molecule has 548 valence electrons. The second kappa shape index (κ2) is 32.9. The summed E-state index contributed by atoms with van der Waals surface area (Å²) in [5, 5.41) is 0. The van der Waals surface area contributed by atoms with Crippen LogP contribution in [0.2, 0.25) is 0 Å². The summed E-state index contributed by atoms with van der Waals surface area (Å²) in [6.45, 7) is 61.0. The van der Waals surface area contributed by atoms with Crippen LogP contribution in [0.4, 0.5) is 0 Å². The number of carbonyl (C=O) groups is 2. The van der Waals surface area contributed by atoms with E-state index in [0.717, 1.165) is 157 Å². The van der Waals surface area contributed by atoms with Crippen molar-refractivity contribution in [1.29, 1.82) is 0 Å². The van der Waals surface area contributed by atoms with E-state index in [-0.39, 0.29) is 10.8 Å². The van der Waals surface area contributed by atoms with Gasteiger partial charge in [0.2, 0.25) is 0 Å². The fraction of sp³-hybridized carbons (Fsp3) is 0.271. The zero-order valence-electron chi connectivity index (χ0n) is 66.3. The third-order valence-electron chi connectivity index (χ3n) is 19.6. The van der Waals surface area contributed by atoms with Crippen LogP contribution in [0.3, 0.4) is 0 Å². The number of hydrogen-bond acceptors (Lipinski definition) is 10. The molecule has 0 saturated carbocycles. The minimum Gasteiger partial charge on any atom is -0.488 e. The summed E-state index contributed by atoms with van der Waals surface area (Å²) in [4.78, 5) is 24.3. The van der Waals surface area contributed by atoms with Gasteiger partial charge in [-0.15, -0.1) is 0 Å². The van der Waals surface area contributed by atoms with Crippen LogP contribution in [0.5, 0.6) is 69.0 Å². The summed E-state index contributed by atoms with van der Waals surface area (Å²) in [7, 11) is 0. The van der Waals surface area contributed by atoms with Gasteiger partial charge in [0.25, 0.3) is 0 Å². The van der Waals surface area contributed by atoms with Gasteiger partial charge >= 0.3 is 11.9 Å². The molecule has 0 saturated heterocycles. The van der Waals surface area contributed by atoms with E-state index in [4.69, 9.17) is 37.9 Å². The lowest BCUT2D eigenvalue weighted by molar-refractivity contribution is -0.131. The third kappa shape index (κ3) is 18.3. The van der Waals surface area contributed by atoms with Gasteiger partial charge < -0.3 is 37.9 Å². The summed E-state index contributed by atoms with van der Waals surface area (Å²) >= 11 is 0. The Labute approximate surface area is 630 Å². The molecule has 10 rings (SSSR count). The smallest absolute Gasteiger partial charge is 0.338 e. The highest BCUT2D eigenvalue weighted by molar-refractivity contribution is 5.90. The van der Waals surface area contributed by atoms with E-state index in [0.29, 0.717) is 47.4 Å². The summed E-state index contributed by atoms with van der Waals surface area (Å²) in [6, 6.07) is 50.1. The van der Waals surface area contributed by atoms with E-state index in [9.17, 15) is 9.59 Å². The average Bonchev–Trinajstić information content (AvgIpc) is 0.770. The normalized spacial score (nSPS) is 11.2. The van der Waals surface area contributed by atoms with Crippen LogP contribution in [-0.2, 0) is 33.6 Å². The molecule has 0 spiro atoms. The van der Waals surface area contributed by atoms with E-state index in [1.165, 1.54) is 22.3 Å². The SMILES string of the molecule is C=C(C)C(=O)Oc1c(C)cc(Oc2c(C)cc(C(C)(C)c3cc(C)c(Oc4cc(C)c(OC(=O)C(=C)C)c(C)c4)c(C)c3)cc2C)cc1C.C=Cc1ccc(COc2c(C)cc(Oc3c(C)cc(C(C)(C)c4cc(C)c(Oc5cc(C)c(OCc6ccc(C=C)cc6)c(C)c5)c(C)c4)cc3C)cc2C)cc1. The minimum absolute atomic E-state index is 0.265. The van der Waals surface area contributed by atoms with Crippen molar-refractivity contribution < 1.29 is 47.5 Å². The predicted octanol–water partition coefficient (Wildman–Crippen LogP) is 25.5. The highest BCUT2D eigenvalue weighted by atomic mass is 16.5. The van der Waals surface area contributed by atoms with Gasteiger partial charge in [0.05, 0.1) is 0 Å². The van der Waals surface area contributed by atoms with Crippen LogP contribution in [0.25, 0.3) is 12.2 Å². The molecule has 10 aromatic rings. The van der Waals surface area contributed by atoms with Crippen LogP contribution in [0.15, 0.2) is 183 Å². The van der Waals surface area contributed by atoms with Crippen molar-refractivity contribution in [3.8, 4) is 69.0 Å². The maximum absolute atomic E-state index is 12.1. The van der Waals surface area contributed by atoms with Gasteiger partial charge in [-0.25, -0.2) is 9.59 Å². The lowest BCUT2D eigenvalue weighted by Gasteiger charge is -2.29. The molecule has 0 N–H and O–H groups in total. The second-order valence-electron chi connectivity index (χ2n) is 29.8. The Balaban J connectivity index is 0.000000248. The van der Waals surface area contributed by atoms with Gasteiger partial charge in [-0.3, -0.25) is 0 Å². The quantitative estimate of drug-likeness (QED) is 0.0330. The van der Waals surface area contributed by atoms with Crippen molar-refractivity contribution in [2.45, 2.75) is 176 Å². The molecule has 0 aromatic heterocycles. The van der Waals surface area contributed by atoms with Crippen molar-refractivity contribution in [2.24, 2.45) is 0 Å². The number of rotatable bonds is 24. The van der Waals surface area contributed by atoms with Gasteiger partial charge in [-0.2, -0.15) is 0 Å². The Morgan fingerprint density at radius 1 is 0.302 bits per heavy atom. The molecule has 0 heterocycles. The second-order valence-corrected chi connectivity index (χ2v) is 29.8. The summed E-state index contributed by atoms with van der Waals surface area (Å²) in [6.07, 6.45) is 3.69. The van der Waals surface area contributed by atoms with Gasteiger partial charge in [0, 0.05) is 22.0 Å². The van der Waals surface area contributed by atoms with Crippen LogP contribution in [0, 0.1) is 111 Å². The molecule has 0 aliphatic heterocycles. The first kappa shape index (κ1) is 79.0. The van der Waals surface area contributed by atoms with Crippen molar-refractivity contribution in [2.75, 3.05) is 0 Å². The van der Waals surface area contributed by atoms with E-state index < -0.39 is 11.9 Å². The first-order valence-electron chi connectivity index (χ1n) is 36.0. The topological polar surface area (TPSA) is 108 Å². The van der Waals surface area contributed by atoms with Crippen LogP contribution < -0.4 is 37.9 Å². The number of esters is 2. The molecule has 10 nitrogen and oxygen atoms in total. The van der Waals surface area contributed by atoms with Gasteiger partial charge in [0.1, 0.15) is 82.2 Å². The lowest BCUT2D eigenvalue weighted by Crippen LogP contribution is -2.20. The van der Waals surface area contributed by atoms with E-state index in [1.54, 1.807) is 13.8 Å². The Morgan fingerprint density at radius 2 is 0.491 bits per heavy atom.